The van der Waals surface area contributed by atoms with Crippen LogP contribution in [-0.2, 0) is 22.3 Å². The second-order valence-electron chi connectivity index (χ2n) is 4.99. The minimum Gasteiger partial charge on any atom is -0.380 e. The highest BCUT2D eigenvalue weighted by atomic mass is 19.4. The van der Waals surface area contributed by atoms with Crippen molar-refractivity contribution in [1.82, 2.24) is 0 Å². The van der Waals surface area contributed by atoms with Gasteiger partial charge in [-0.2, -0.15) is 13.2 Å². The number of rotatable bonds is 4. The SMILES string of the molecule is CC1(COCc2ccc(C(F)(F)F)cc2)COC1. The summed E-state index contributed by atoms with van der Waals surface area (Å²) in [5.74, 6) is 0. The maximum atomic E-state index is 12.3. The molecule has 0 spiro atoms. The van der Waals surface area contributed by atoms with Gasteiger partial charge in [0, 0.05) is 5.41 Å². The predicted octanol–water partition coefficient (Wildman–Crippen LogP) is 3.26. The molecule has 1 fully saturated rings. The molecule has 1 saturated heterocycles. The molecule has 0 aromatic heterocycles. The van der Waals surface area contributed by atoms with E-state index in [1.807, 2.05) is 0 Å². The van der Waals surface area contributed by atoms with Crippen LogP contribution >= 0.6 is 0 Å². The van der Waals surface area contributed by atoms with Crippen molar-refractivity contribution in [3.8, 4) is 0 Å². The fourth-order valence-electron chi connectivity index (χ4n) is 1.74. The minimum absolute atomic E-state index is 0.0614. The predicted molar refractivity (Wildman–Crippen MR) is 60.0 cm³/mol. The number of hydrogen-bond donors (Lipinski definition) is 0. The van der Waals surface area contributed by atoms with E-state index in [2.05, 4.69) is 6.92 Å². The van der Waals surface area contributed by atoms with Gasteiger partial charge in [0.1, 0.15) is 0 Å². The number of alkyl halides is 3. The Kier molecular flexibility index (Phi) is 3.64. The molecule has 0 aliphatic carbocycles. The molecule has 0 bridgehead atoms. The highest BCUT2D eigenvalue weighted by Crippen LogP contribution is 2.29. The van der Waals surface area contributed by atoms with E-state index in [0.717, 1.165) is 17.7 Å². The first-order valence-electron chi connectivity index (χ1n) is 5.71. The molecular formula is C13H15F3O2. The van der Waals surface area contributed by atoms with Crippen LogP contribution in [0, 0.1) is 5.41 Å². The van der Waals surface area contributed by atoms with Gasteiger partial charge in [-0.3, -0.25) is 0 Å². The Balaban J connectivity index is 1.83. The quantitative estimate of drug-likeness (QED) is 0.827. The molecule has 0 amide bonds. The largest absolute Gasteiger partial charge is 0.416 e. The lowest BCUT2D eigenvalue weighted by Gasteiger charge is -2.37. The third-order valence-electron chi connectivity index (χ3n) is 2.90. The summed E-state index contributed by atoms with van der Waals surface area (Å²) in [4.78, 5) is 0. The molecule has 0 atom stereocenters. The van der Waals surface area contributed by atoms with Gasteiger partial charge in [-0.25, -0.2) is 0 Å². The van der Waals surface area contributed by atoms with Crippen molar-refractivity contribution in [2.24, 2.45) is 5.41 Å². The van der Waals surface area contributed by atoms with Crippen LogP contribution in [0.4, 0.5) is 13.2 Å². The van der Waals surface area contributed by atoms with E-state index in [1.54, 1.807) is 0 Å². The van der Waals surface area contributed by atoms with E-state index in [1.165, 1.54) is 12.1 Å². The summed E-state index contributed by atoms with van der Waals surface area (Å²) in [7, 11) is 0. The van der Waals surface area contributed by atoms with Gasteiger partial charge in [-0.15, -0.1) is 0 Å². The molecular weight excluding hydrogens is 245 g/mol. The molecule has 1 aromatic carbocycles. The van der Waals surface area contributed by atoms with E-state index in [4.69, 9.17) is 9.47 Å². The Morgan fingerprint density at radius 3 is 2.28 bits per heavy atom. The third kappa shape index (κ3) is 3.23. The van der Waals surface area contributed by atoms with Gasteiger partial charge >= 0.3 is 6.18 Å². The highest BCUT2D eigenvalue weighted by Gasteiger charge is 2.33. The second kappa shape index (κ2) is 4.90. The average Bonchev–Trinajstić information content (AvgIpc) is 2.26. The monoisotopic (exact) mass is 260 g/mol. The molecule has 5 heteroatoms. The zero-order valence-electron chi connectivity index (χ0n) is 10.1. The summed E-state index contributed by atoms with van der Waals surface area (Å²) in [5, 5.41) is 0. The Bertz CT molecular complexity index is 394. The summed E-state index contributed by atoms with van der Waals surface area (Å²) in [5.41, 5.74) is 0.170. The Hall–Kier alpha value is -1.07. The van der Waals surface area contributed by atoms with Gasteiger partial charge in [-0.1, -0.05) is 19.1 Å². The van der Waals surface area contributed by atoms with Crippen LogP contribution in [0.1, 0.15) is 18.1 Å². The lowest BCUT2D eigenvalue weighted by Crippen LogP contribution is -2.43. The van der Waals surface area contributed by atoms with Crippen molar-refractivity contribution < 1.29 is 22.6 Å². The molecule has 0 radical (unpaired) electrons. The van der Waals surface area contributed by atoms with E-state index in [-0.39, 0.29) is 5.41 Å². The maximum Gasteiger partial charge on any atom is 0.416 e. The van der Waals surface area contributed by atoms with Crippen molar-refractivity contribution in [3.05, 3.63) is 35.4 Å². The average molecular weight is 260 g/mol. The lowest BCUT2D eigenvalue weighted by atomic mass is 9.90. The van der Waals surface area contributed by atoms with Crippen LogP contribution in [0.25, 0.3) is 0 Å². The Labute approximate surface area is 104 Å². The first-order valence-corrected chi connectivity index (χ1v) is 5.71. The van der Waals surface area contributed by atoms with Crippen molar-refractivity contribution in [3.63, 3.8) is 0 Å². The molecule has 0 saturated carbocycles. The summed E-state index contributed by atoms with van der Waals surface area (Å²) < 4.78 is 47.6. The van der Waals surface area contributed by atoms with Crippen molar-refractivity contribution in [2.75, 3.05) is 19.8 Å². The zero-order chi connectivity index (χ0) is 13.2. The second-order valence-corrected chi connectivity index (χ2v) is 4.99. The van der Waals surface area contributed by atoms with Crippen LogP contribution in [0.3, 0.4) is 0 Å². The summed E-state index contributed by atoms with van der Waals surface area (Å²) in [6.45, 7) is 4.31. The number of ether oxygens (including phenoxy) is 2. The topological polar surface area (TPSA) is 18.5 Å². The Morgan fingerprint density at radius 2 is 1.83 bits per heavy atom. The molecule has 2 rings (SSSR count). The first kappa shape index (κ1) is 13.4. The van der Waals surface area contributed by atoms with E-state index < -0.39 is 11.7 Å². The van der Waals surface area contributed by atoms with Crippen molar-refractivity contribution in [1.29, 1.82) is 0 Å². The third-order valence-corrected chi connectivity index (χ3v) is 2.90. The van der Waals surface area contributed by atoms with Gasteiger partial charge in [0.25, 0.3) is 0 Å². The first-order chi connectivity index (χ1) is 8.39. The van der Waals surface area contributed by atoms with Crippen LogP contribution in [0.15, 0.2) is 24.3 Å². The van der Waals surface area contributed by atoms with Crippen LogP contribution < -0.4 is 0 Å². The van der Waals surface area contributed by atoms with E-state index in [9.17, 15) is 13.2 Å². The molecule has 1 aromatic rings. The molecule has 2 nitrogen and oxygen atoms in total. The smallest absolute Gasteiger partial charge is 0.380 e. The van der Waals surface area contributed by atoms with Gasteiger partial charge in [0.2, 0.25) is 0 Å². The number of benzene rings is 1. The molecule has 18 heavy (non-hydrogen) atoms. The van der Waals surface area contributed by atoms with E-state index >= 15 is 0 Å². The highest BCUT2D eigenvalue weighted by molar-refractivity contribution is 5.24. The van der Waals surface area contributed by atoms with Gasteiger partial charge < -0.3 is 9.47 Å². The summed E-state index contributed by atoms with van der Waals surface area (Å²) in [6.07, 6.45) is -4.28. The molecule has 1 heterocycles. The lowest BCUT2D eigenvalue weighted by molar-refractivity contribution is -0.140. The van der Waals surface area contributed by atoms with Gasteiger partial charge in [0.15, 0.2) is 0 Å². The molecule has 1 aliphatic heterocycles. The molecule has 1 aliphatic rings. The van der Waals surface area contributed by atoms with Gasteiger partial charge in [-0.05, 0) is 17.7 Å². The van der Waals surface area contributed by atoms with Crippen molar-refractivity contribution >= 4 is 0 Å². The number of hydrogen-bond acceptors (Lipinski definition) is 2. The van der Waals surface area contributed by atoms with E-state index in [0.29, 0.717) is 26.4 Å². The normalized spacial score (nSPS) is 18.4. The van der Waals surface area contributed by atoms with Crippen LogP contribution in [-0.4, -0.2) is 19.8 Å². The van der Waals surface area contributed by atoms with Crippen molar-refractivity contribution in [2.45, 2.75) is 19.7 Å². The summed E-state index contributed by atoms with van der Waals surface area (Å²) in [6, 6.07) is 5.05. The fourth-order valence-corrected chi connectivity index (χ4v) is 1.74. The minimum atomic E-state index is -4.28. The maximum absolute atomic E-state index is 12.3. The molecule has 0 N–H and O–H groups in total. The van der Waals surface area contributed by atoms with Crippen LogP contribution in [0.5, 0.6) is 0 Å². The van der Waals surface area contributed by atoms with Gasteiger partial charge in [0.05, 0.1) is 32.0 Å². The zero-order valence-corrected chi connectivity index (χ0v) is 10.1. The number of halogens is 3. The standard InChI is InChI=1S/C13H15F3O2/c1-12(8-18-9-12)7-17-6-10-2-4-11(5-3-10)13(14,15)16/h2-5H,6-9H2,1H3. The molecule has 0 unspecified atom stereocenters. The Morgan fingerprint density at radius 1 is 1.22 bits per heavy atom. The summed E-state index contributed by atoms with van der Waals surface area (Å²) >= 11 is 0. The fraction of sp³-hybridized carbons (Fsp3) is 0.538. The molecule has 100 valence electrons. The van der Waals surface area contributed by atoms with Crippen LogP contribution in [0.2, 0.25) is 0 Å².